The second-order valence-corrected chi connectivity index (χ2v) is 8.62. The first kappa shape index (κ1) is 22.8. The topological polar surface area (TPSA) is 105 Å². The van der Waals surface area contributed by atoms with Gasteiger partial charge >= 0.3 is 0 Å². The lowest BCUT2D eigenvalue weighted by molar-refractivity contribution is 0.103. The van der Waals surface area contributed by atoms with Gasteiger partial charge in [-0.2, -0.15) is 0 Å². The molecule has 0 bridgehead atoms. The van der Waals surface area contributed by atoms with Crippen molar-refractivity contribution < 1.29 is 4.79 Å². The van der Waals surface area contributed by atoms with Crippen LogP contribution in [0.15, 0.2) is 61.2 Å². The Morgan fingerprint density at radius 2 is 1.97 bits per heavy atom. The van der Waals surface area contributed by atoms with E-state index in [1.165, 1.54) is 23.9 Å². The average Bonchev–Trinajstić information content (AvgIpc) is 3.29. The fourth-order valence-electron chi connectivity index (χ4n) is 3.05. The molecule has 0 aliphatic carbocycles. The van der Waals surface area contributed by atoms with E-state index in [2.05, 4.69) is 35.9 Å². The van der Waals surface area contributed by atoms with E-state index >= 15 is 0 Å². The summed E-state index contributed by atoms with van der Waals surface area (Å²) in [6.07, 6.45) is 5.66. The highest BCUT2D eigenvalue weighted by Gasteiger charge is 2.14. The Hall–Kier alpha value is -3.40. The number of nitrogens with zero attached hydrogens (tertiary/aromatic N) is 4. The molecule has 8 nitrogen and oxygen atoms in total. The van der Waals surface area contributed by atoms with Crippen LogP contribution in [0.5, 0.6) is 0 Å². The summed E-state index contributed by atoms with van der Waals surface area (Å²) in [5, 5.41) is 10.4. The maximum atomic E-state index is 12.6. The van der Waals surface area contributed by atoms with Crippen LogP contribution in [-0.2, 0) is 13.0 Å². The third kappa shape index (κ3) is 6.32. The molecule has 3 heterocycles. The van der Waals surface area contributed by atoms with Crippen molar-refractivity contribution in [3.63, 3.8) is 0 Å². The second kappa shape index (κ2) is 11.0. The van der Waals surface area contributed by atoms with Gasteiger partial charge in [0, 0.05) is 37.5 Å². The molecular weight excluding hydrogens is 458 g/mol. The second-order valence-electron chi connectivity index (χ2n) is 7.18. The van der Waals surface area contributed by atoms with Crippen LogP contribution in [0.3, 0.4) is 0 Å². The van der Waals surface area contributed by atoms with Crippen molar-refractivity contribution in [2.45, 2.75) is 19.9 Å². The van der Waals surface area contributed by atoms with Gasteiger partial charge in [0.2, 0.25) is 0 Å². The van der Waals surface area contributed by atoms with E-state index in [0.29, 0.717) is 33.1 Å². The van der Waals surface area contributed by atoms with E-state index in [-0.39, 0.29) is 5.91 Å². The van der Waals surface area contributed by atoms with E-state index in [4.69, 9.17) is 11.6 Å². The molecule has 0 aliphatic heterocycles. The van der Waals surface area contributed by atoms with E-state index in [1.807, 2.05) is 43.3 Å². The normalized spacial score (nSPS) is 10.7. The van der Waals surface area contributed by atoms with Crippen molar-refractivity contribution in [2.24, 2.45) is 0 Å². The minimum atomic E-state index is -0.266. The highest BCUT2D eigenvalue weighted by Crippen LogP contribution is 2.27. The third-order valence-corrected chi connectivity index (χ3v) is 5.97. The summed E-state index contributed by atoms with van der Waals surface area (Å²) in [4.78, 5) is 30.2. The predicted octanol–water partition coefficient (Wildman–Crippen LogP) is 4.62. The van der Waals surface area contributed by atoms with Gasteiger partial charge in [0.25, 0.3) is 5.91 Å². The summed E-state index contributed by atoms with van der Waals surface area (Å²) in [5.74, 6) is 0.340. The molecule has 1 aromatic carbocycles. The molecule has 168 valence electrons. The van der Waals surface area contributed by atoms with Crippen LogP contribution in [0.4, 0.5) is 16.6 Å². The van der Waals surface area contributed by atoms with Crippen LogP contribution in [0, 0.1) is 6.92 Å². The molecule has 0 unspecified atom stereocenters. The largest absolute Gasteiger partial charge is 0.320 e. The number of halogens is 1. The number of hydrogen-bond donors (Lipinski definition) is 3. The summed E-state index contributed by atoms with van der Waals surface area (Å²) < 4.78 is 0. The molecule has 4 rings (SSSR count). The standard InChI is InChI=1S/C23H22ClN7OS/c1-15-5-4-7-18(24)21(15)31-22(32)19-13-27-23(33-19)30-20-11-17(28-14-29-20)12-25-10-8-16-6-2-3-9-26-16/h2-7,9,11,13-14,25H,8,10,12H2,1H3,(H,31,32)(H,27,28,29,30). The smallest absolute Gasteiger partial charge is 0.267 e. The lowest BCUT2D eigenvalue weighted by atomic mass is 10.2. The Balaban J connectivity index is 1.32. The van der Waals surface area contributed by atoms with Crippen LogP contribution < -0.4 is 16.0 Å². The number of rotatable bonds is 9. The number of aromatic nitrogens is 4. The number of amides is 1. The highest BCUT2D eigenvalue weighted by atomic mass is 35.5. The van der Waals surface area contributed by atoms with Gasteiger partial charge in [-0.1, -0.05) is 41.1 Å². The molecule has 33 heavy (non-hydrogen) atoms. The van der Waals surface area contributed by atoms with E-state index < -0.39 is 0 Å². The average molecular weight is 480 g/mol. The van der Waals surface area contributed by atoms with Gasteiger partial charge in [0.05, 0.1) is 22.6 Å². The van der Waals surface area contributed by atoms with Crippen LogP contribution in [0.1, 0.15) is 26.6 Å². The number of aryl methyl sites for hydroxylation is 1. The van der Waals surface area contributed by atoms with Gasteiger partial charge in [0.15, 0.2) is 5.13 Å². The SMILES string of the molecule is Cc1cccc(Cl)c1NC(=O)c1cnc(Nc2cc(CNCCc3ccccn3)ncn2)s1. The molecular formula is C23H22ClN7OS. The van der Waals surface area contributed by atoms with Crippen molar-refractivity contribution in [3.05, 3.63) is 88.0 Å². The van der Waals surface area contributed by atoms with Crippen molar-refractivity contribution in [1.82, 2.24) is 25.3 Å². The zero-order valence-corrected chi connectivity index (χ0v) is 19.5. The first-order valence-electron chi connectivity index (χ1n) is 10.3. The summed E-state index contributed by atoms with van der Waals surface area (Å²) in [6, 6.07) is 13.2. The van der Waals surface area contributed by atoms with E-state index in [9.17, 15) is 4.79 Å². The minimum absolute atomic E-state index is 0.266. The number of thiazole rings is 1. The van der Waals surface area contributed by atoms with Crippen molar-refractivity contribution in [2.75, 3.05) is 17.2 Å². The van der Waals surface area contributed by atoms with Crippen molar-refractivity contribution in [1.29, 1.82) is 0 Å². The van der Waals surface area contributed by atoms with Crippen molar-refractivity contribution in [3.8, 4) is 0 Å². The summed E-state index contributed by atoms with van der Waals surface area (Å²) in [6.45, 7) is 3.29. The maximum absolute atomic E-state index is 12.6. The van der Waals surface area contributed by atoms with Gasteiger partial charge in [0.1, 0.15) is 17.0 Å². The molecule has 0 saturated heterocycles. The lowest BCUT2D eigenvalue weighted by Crippen LogP contribution is -2.18. The van der Waals surface area contributed by atoms with Crippen LogP contribution in [-0.4, -0.2) is 32.4 Å². The molecule has 0 atom stereocenters. The highest BCUT2D eigenvalue weighted by molar-refractivity contribution is 7.17. The summed E-state index contributed by atoms with van der Waals surface area (Å²) in [7, 11) is 0. The number of pyridine rings is 1. The Morgan fingerprint density at radius 1 is 1.06 bits per heavy atom. The van der Waals surface area contributed by atoms with Gasteiger partial charge in [-0.25, -0.2) is 15.0 Å². The summed E-state index contributed by atoms with van der Waals surface area (Å²) in [5.41, 5.74) is 3.38. The van der Waals surface area contributed by atoms with Crippen LogP contribution in [0.25, 0.3) is 0 Å². The fourth-order valence-corrected chi connectivity index (χ4v) is 4.04. The molecule has 0 aliphatic rings. The van der Waals surface area contributed by atoms with Gasteiger partial charge in [-0.3, -0.25) is 9.78 Å². The number of carbonyl (C=O) groups excluding carboxylic acids is 1. The fraction of sp³-hybridized carbons (Fsp3) is 0.174. The number of hydrogen-bond acceptors (Lipinski definition) is 8. The number of carbonyl (C=O) groups is 1. The predicted molar refractivity (Wildman–Crippen MR) is 131 cm³/mol. The molecule has 0 saturated carbocycles. The van der Waals surface area contributed by atoms with Crippen LogP contribution >= 0.6 is 22.9 Å². The molecule has 1 amide bonds. The monoisotopic (exact) mass is 479 g/mol. The number of benzene rings is 1. The molecule has 0 radical (unpaired) electrons. The molecule has 0 spiro atoms. The number of anilines is 3. The Kier molecular flexibility index (Phi) is 7.56. The molecule has 4 aromatic rings. The number of para-hydroxylation sites is 1. The van der Waals surface area contributed by atoms with E-state index in [0.717, 1.165) is 29.9 Å². The third-order valence-electron chi connectivity index (χ3n) is 4.74. The number of nitrogens with one attached hydrogen (secondary N) is 3. The van der Waals surface area contributed by atoms with E-state index in [1.54, 1.807) is 12.3 Å². The minimum Gasteiger partial charge on any atom is -0.320 e. The van der Waals surface area contributed by atoms with Gasteiger partial charge < -0.3 is 16.0 Å². The first-order valence-corrected chi connectivity index (χ1v) is 11.5. The molecule has 3 N–H and O–H groups in total. The zero-order chi connectivity index (χ0) is 23.0. The Labute approximate surface area is 200 Å². The molecule has 10 heteroatoms. The lowest BCUT2D eigenvalue weighted by Gasteiger charge is -2.08. The summed E-state index contributed by atoms with van der Waals surface area (Å²) >= 11 is 7.43. The Bertz CT molecular complexity index is 1210. The molecule has 3 aromatic heterocycles. The van der Waals surface area contributed by atoms with Crippen molar-refractivity contribution >= 4 is 45.5 Å². The molecule has 0 fully saturated rings. The van der Waals surface area contributed by atoms with Crippen LogP contribution in [0.2, 0.25) is 5.02 Å². The first-order chi connectivity index (χ1) is 16.1. The zero-order valence-electron chi connectivity index (χ0n) is 17.9. The maximum Gasteiger partial charge on any atom is 0.267 e. The van der Waals surface area contributed by atoms with Gasteiger partial charge in [-0.15, -0.1) is 0 Å². The quantitative estimate of drug-likeness (QED) is 0.301. The van der Waals surface area contributed by atoms with Gasteiger partial charge in [-0.05, 0) is 30.7 Å². The Morgan fingerprint density at radius 3 is 2.79 bits per heavy atom.